The minimum atomic E-state index is -2.26. The van der Waals surface area contributed by atoms with Crippen LogP contribution in [0.5, 0.6) is 5.75 Å². The van der Waals surface area contributed by atoms with Gasteiger partial charge in [-0.2, -0.15) is 0 Å². The number of imidazole rings is 1. The Hall–Kier alpha value is -5.29. The van der Waals surface area contributed by atoms with Gasteiger partial charge in [0.05, 0.1) is 0 Å². The summed E-state index contributed by atoms with van der Waals surface area (Å²) in [5.41, 5.74) is 13.3. The summed E-state index contributed by atoms with van der Waals surface area (Å²) in [4.78, 5) is 16.8. The predicted molar refractivity (Wildman–Crippen MR) is 254 cm³/mol. The molecule has 0 radical (unpaired) electrons. The number of phenolic OH excluding ortho intramolecular Hbond substituents is 1. The van der Waals surface area contributed by atoms with E-state index in [-0.39, 0.29) is 41.9 Å². The molecule has 0 spiro atoms. The van der Waals surface area contributed by atoms with E-state index in [4.69, 9.17) is 14.1 Å². The maximum absolute atomic E-state index is 12.5. The third kappa shape index (κ3) is 7.54. The molecule has 0 unspecified atom stereocenters. The second-order valence-corrected chi connectivity index (χ2v) is 22.2. The first kappa shape index (κ1) is 37.7. The normalized spacial score (nSPS) is 13.8. The van der Waals surface area contributed by atoms with Crippen LogP contribution in [0.25, 0.3) is 71.4 Å². The average Bonchev–Trinajstić information content (AvgIpc) is 3.82. The number of phenols is 1. The number of hydrogen-bond donors (Lipinski definition) is 1. The van der Waals surface area contributed by atoms with E-state index in [9.17, 15) is 5.11 Å². The summed E-state index contributed by atoms with van der Waals surface area (Å²) in [6.07, 6.45) is 1.49. The number of aromatic hydroxyl groups is 1. The van der Waals surface area contributed by atoms with Gasteiger partial charge in [-0.25, -0.2) is 0 Å². The van der Waals surface area contributed by atoms with Gasteiger partial charge in [0.1, 0.15) is 0 Å². The Balaban J connectivity index is 1.49. The molecule has 8 aromatic rings. The Morgan fingerprint density at radius 2 is 1.25 bits per heavy atom. The minimum absolute atomic E-state index is 0.0962. The molecule has 0 saturated heterocycles. The van der Waals surface area contributed by atoms with Crippen molar-refractivity contribution in [2.75, 3.05) is 0 Å². The van der Waals surface area contributed by atoms with Crippen molar-refractivity contribution in [3.8, 4) is 56.3 Å². The number of benzene rings is 5. The van der Waals surface area contributed by atoms with E-state index in [1.54, 1.807) is 0 Å². The van der Waals surface area contributed by atoms with Gasteiger partial charge in [-0.15, -0.1) is 0 Å². The van der Waals surface area contributed by atoms with Crippen LogP contribution in [0.15, 0.2) is 108 Å². The first-order valence-electron chi connectivity index (χ1n) is 22.3. The molecule has 5 aromatic carbocycles. The van der Waals surface area contributed by atoms with Gasteiger partial charge in [0.25, 0.3) is 0 Å². The van der Waals surface area contributed by atoms with E-state index >= 15 is 0 Å². The van der Waals surface area contributed by atoms with Crippen LogP contribution in [0.2, 0.25) is 0 Å². The van der Waals surface area contributed by atoms with Crippen molar-refractivity contribution < 1.29 is 9.22 Å². The third-order valence-electron chi connectivity index (χ3n) is 11.6. The molecule has 0 amide bonds. The van der Waals surface area contributed by atoms with Gasteiger partial charge in [-0.05, 0) is 21.8 Å². The standard InChI is InChI=1S/C54H58N4OSe/c1-32-30-60-49-45(32)55-31-56-46(49)35-24-34(25-37(26-35)52(5,6)7)39-20-17-21-44-47(39)57-50(41-28-38(53(8,9)10)29-42(48(41)59)54(11,12)13)58(44)43-23-22-36(51(2,3)4)27-40(43)33-18-15-14-16-19-33/h14-31,59H,1-13H3/i1D3. The Kier molecular flexibility index (Phi) is 9.24. The Bertz CT molecular complexity index is 3040. The number of aromatic nitrogens is 4. The van der Waals surface area contributed by atoms with E-state index in [0.29, 0.717) is 22.5 Å². The molecule has 0 bridgehead atoms. The van der Waals surface area contributed by atoms with E-state index in [2.05, 4.69) is 184 Å². The SMILES string of the molecule is [2H]C([2H])([2H])c1c[se]c2c(-c3cc(-c4cccc5c4nc(-c4cc(C(C)(C)C)cc(C(C)(C)C)c4O)n5-c4ccc(C(C)(C)C)cc4-c4ccccc4)cc(C(C)(C)C)c3)ncnc12. The van der Waals surface area contributed by atoms with Crippen LogP contribution < -0.4 is 0 Å². The van der Waals surface area contributed by atoms with Crippen molar-refractivity contribution in [3.63, 3.8) is 0 Å². The molecule has 306 valence electrons. The van der Waals surface area contributed by atoms with Crippen molar-refractivity contribution in [1.29, 1.82) is 0 Å². The maximum atomic E-state index is 12.5. The topological polar surface area (TPSA) is 63.8 Å². The van der Waals surface area contributed by atoms with E-state index < -0.39 is 6.85 Å². The van der Waals surface area contributed by atoms with Gasteiger partial charge >= 0.3 is 248 Å². The molecule has 3 aromatic heterocycles. The molecule has 3 heterocycles. The molecular weight excluding hydrogens is 800 g/mol. The number of rotatable bonds is 5. The molecule has 0 aliphatic heterocycles. The molecular formula is C54H58N4OSe. The van der Waals surface area contributed by atoms with Crippen LogP contribution in [0, 0.1) is 6.85 Å². The number of para-hydroxylation sites is 1. The monoisotopic (exact) mass is 861 g/mol. The van der Waals surface area contributed by atoms with Crippen LogP contribution in [-0.4, -0.2) is 39.1 Å². The molecule has 60 heavy (non-hydrogen) atoms. The van der Waals surface area contributed by atoms with Crippen molar-refractivity contribution in [1.82, 2.24) is 19.5 Å². The van der Waals surface area contributed by atoms with Gasteiger partial charge in [-0.3, -0.25) is 0 Å². The quantitative estimate of drug-likeness (QED) is 0.175. The zero-order valence-corrected chi connectivity index (χ0v) is 38.7. The molecule has 0 aliphatic carbocycles. The zero-order chi connectivity index (χ0) is 45.6. The van der Waals surface area contributed by atoms with Gasteiger partial charge in [0.15, 0.2) is 0 Å². The first-order valence-corrected chi connectivity index (χ1v) is 22.7. The second-order valence-electron chi connectivity index (χ2n) is 20.3. The van der Waals surface area contributed by atoms with Crippen LogP contribution in [0.3, 0.4) is 0 Å². The Morgan fingerprint density at radius 1 is 0.583 bits per heavy atom. The summed E-state index contributed by atoms with van der Waals surface area (Å²) in [5.74, 6) is 0.877. The summed E-state index contributed by atoms with van der Waals surface area (Å²) < 4.78 is 27.7. The van der Waals surface area contributed by atoms with Gasteiger partial charge < -0.3 is 0 Å². The van der Waals surface area contributed by atoms with Crippen molar-refractivity contribution >= 4 is 35.3 Å². The predicted octanol–water partition coefficient (Wildman–Crippen LogP) is 13.9. The van der Waals surface area contributed by atoms with E-state index in [1.807, 2.05) is 11.0 Å². The molecule has 0 fully saturated rings. The van der Waals surface area contributed by atoms with Crippen LogP contribution in [0.1, 0.15) is 115 Å². The number of fused-ring (bicyclic) bond motifs is 2. The molecule has 8 rings (SSSR count). The molecule has 6 heteroatoms. The van der Waals surface area contributed by atoms with Crippen LogP contribution >= 0.6 is 0 Å². The summed E-state index contributed by atoms with van der Waals surface area (Å²) in [7, 11) is 0. The van der Waals surface area contributed by atoms with Gasteiger partial charge in [0, 0.05) is 0 Å². The summed E-state index contributed by atoms with van der Waals surface area (Å²) in [6.45, 7) is 24.1. The molecule has 5 nitrogen and oxygen atoms in total. The Morgan fingerprint density at radius 3 is 1.92 bits per heavy atom. The summed E-state index contributed by atoms with van der Waals surface area (Å²) in [5, 5.41) is 12.5. The van der Waals surface area contributed by atoms with Gasteiger partial charge in [0.2, 0.25) is 0 Å². The zero-order valence-electron chi connectivity index (χ0n) is 40.0. The number of nitrogens with zero attached hydrogens (tertiary/aromatic N) is 4. The summed E-state index contributed by atoms with van der Waals surface area (Å²) in [6, 6.07) is 34.5. The molecule has 1 N–H and O–H groups in total. The van der Waals surface area contributed by atoms with Crippen molar-refractivity contribution in [2.45, 2.75) is 112 Å². The Labute approximate surface area is 366 Å². The fourth-order valence-corrected chi connectivity index (χ4v) is 9.92. The third-order valence-corrected chi connectivity index (χ3v) is 13.7. The fourth-order valence-electron chi connectivity index (χ4n) is 8.02. The molecule has 0 atom stereocenters. The van der Waals surface area contributed by atoms with Crippen LogP contribution in [0.4, 0.5) is 0 Å². The van der Waals surface area contributed by atoms with Crippen molar-refractivity contribution in [3.05, 3.63) is 136 Å². The van der Waals surface area contributed by atoms with E-state index in [0.717, 1.165) is 71.2 Å². The fraction of sp³-hybridized carbons (Fsp3) is 0.315. The average molecular weight is 861 g/mol. The summed E-state index contributed by atoms with van der Waals surface area (Å²) >= 11 is -0.240. The van der Waals surface area contributed by atoms with Crippen molar-refractivity contribution in [2.24, 2.45) is 0 Å². The molecule has 0 aliphatic rings. The van der Waals surface area contributed by atoms with Crippen LogP contribution in [-0.2, 0) is 21.7 Å². The second kappa shape index (κ2) is 14.7. The van der Waals surface area contributed by atoms with Gasteiger partial charge in [-0.1, -0.05) is 98.7 Å². The number of hydrogen-bond acceptors (Lipinski definition) is 4. The first-order chi connectivity index (χ1) is 29.3. The number of aryl methyl sites for hydroxylation is 1. The molecule has 0 saturated carbocycles. The van der Waals surface area contributed by atoms with E-state index in [1.165, 1.54) is 11.9 Å².